The fraction of sp³-hybridized carbons (Fsp3) is 0.692. The molecule has 0 aliphatic rings. The van der Waals surface area contributed by atoms with Gasteiger partial charge in [0.25, 0.3) is 0 Å². The van der Waals surface area contributed by atoms with E-state index in [2.05, 4.69) is 11.2 Å². The third-order valence-electron chi connectivity index (χ3n) is 2.37. The molecule has 5 nitrogen and oxygen atoms in total. The largest absolute Gasteiger partial charge is 0.355 e. The average Bonchev–Trinajstić information content (AvgIpc) is 2.35. The van der Waals surface area contributed by atoms with Crippen LogP contribution in [0.2, 0.25) is 0 Å². The van der Waals surface area contributed by atoms with E-state index >= 15 is 0 Å². The second-order valence-corrected chi connectivity index (χ2v) is 4.12. The van der Waals surface area contributed by atoms with Crippen LogP contribution >= 0.6 is 0 Å². The molecule has 0 rings (SSSR count). The molecule has 3 N–H and O–H groups in total. The highest BCUT2D eigenvalue weighted by molar-refractivity contribution is 5.87. The minimum Gasteiger partial charge on any atom is -0.355 e. The van der Waals surface area contributed by atoms with Gasteiger partial charge in [-0.05, 0) is 12.8 Å². The van der Waals surface area contributed by atoms with Crippen LogP contribution in [0.3, 0.4) is 0 Å². The lowest BCUT2D eigenvalue weighted by atomic mass is 10.2. The SMILES string of the molecule is C#CCC(N)C(=O)N(CCC)CC(=O)NCCC. The van der Waals surface area contributed by atoms with Crippen molar-refractivity contribution in [2.75, 3.05) is 19.6 Å². The van der Waals surface area contributed by atoms with Gasteiger partial charge in [0.05, 0.1) is 12.6 Å². The van der Waals surface area contributed by atoms with Crippen molar-refractivity contribution in [2.24, 2.45) is 5.73 Å². The maximum Gasteiger partial charge on any atom is 0.240 e. The Labute approximate surface area is 109 Å². The molecule has 0 heterocycles. The number of hydrogen-bond donors (Lipinski definition) is 2. The Bertz CT molecular complexity index is 310. The molecule has 0 aliphatic carbocycles. The van der Waals surface area contributed by atoms with Crippen LogP contribution in [0, 0.1) is 12.3 Å². The third kappa shape index (κ3) is 6.26. The van der Waals surface area contributed by atoms with Crippen LogP contribution in [-0.4, -0.2) is 42.4 Å². The van der Waals surface area contributed by atoms with Crippen molar-refractivity contribution >= 4 is 11.8 Å². The number of amides is 2. The van der Waals surface area contributed by atoms with Crippen LogP contribution in [0.25, 0.3) is 0 Å². The van der Waals surface area contributed by atoms with Crippen LogP contribution in [0.4, 0.5) is 0 Å². The standard InChI is InChI=1S/C13H23N3O2/c1-4-7-11(14)13(18)16(9-6-3)10-12(17)15-8-5-2/h1,11H,5-10,14H2,2-3H3,(H,15,17). The first kappa shape index (κ1) is 16.5. The number of hydrogen-bond acceptors (Lipinski definition) is 3. The predicted molar refractivity (Wildman–Crippen MR) is 71.6 cm³/mol. The van der Waals surface area contributed by atoms with Crippen molar-refractivity contribution in [3.8, 4) is 12.3 Å². The highest BCUT2D eigenvalue weighted by Crippen LogP contribution is 1.99. The van der Waals surface area contributed by atoms with E-state index in [0.717, 1.165) is 12.8 Å². The number of carbonyl (C=O) groups is 2. The molecule has 2 amide bonds. The first-order valence-electron chi connectivity index (χ1n) is 6.31. The smallest absolute Gasteiger partial charge is 0.240 e. The van der Waals surface area contributed by atoms with Gasteiger partial charge in [-0.15, -0.1) is 12.3 Å². The Balaban J connectivity index is 4.41. The summed E-state index contributed by atoms with van der Waals surface area (Å²) in [6, 6.07) is -0.722. The molecule has 0 spiro atoms. The van der Waals surface area contributed by atoms with Crippen molar-refractivity contribution in [3.63, 3.8) is 0 Å². The lowest BCUT2D eigenvalue weighted by Crippen LogP contribution is -2.48. The number of terminal acetylenes is 1. The van der Waals surface area contributed by atoms with Gasteiger partial charge in [-0.1, -0.05) is 13.8 Å². The summed E-state index contributed by atoms with van der Waals surface area (Å²) in [5.74, 6) is 1.94. The van der Waals surface area contributed by atoms with Gasteiger partial charge in [-0.3, -0.25) is 9.59 Å². The van der Waals surface area contributed by atoms with Crippen molar-refractivity contribution < 1.29 is 9.59 Å². The molecule has 0 fully saturated rings. The zero-order valence-electron chi connectivity index (χ0n) is 11.2. The summed E-state index contributed by atoms with van der Waals surface area (Å²) in [6.07, 6.45) is 6.96. The average molecular weight is 253 g/mol. The Morgan fingerprint density at radius 3 is 2.56 bits per heavy atom. The van der Waals surface area contributed by atoms with Crippen molar-refractivity contribution in [1.29, 1.82) is 0 Å². The molecule has 0 aliphatic heterocycles. The zero-order valence-corrected chi connectivity index (χ0v) is 11.2. The summed E-state index contributed by atoms with van der Waals surface area (Å²) in [6.45, 7) is 5.08. The van der Waals surface area contributed by atoms with Crippen LogP contribution in [0.5, 0.6) is 0 Å². The van der Waals surface area contributed by atoms with E-state index in [4.69, 9.17) is 12.2 Å². The van der Waals surface area contributed by atoms with E-state index < -0.39 is 6.04 Å². The second-order valence-electron chi connectivity index (χ2n) is 4.12. The van der Waals surface area contributed by atoms with Crippen LogP contribution in [0.1, 0.15) is 33.1 Å². The maximum absolute atomic E-state index is 12.0. The predicted octanol–water partition coefficient (Wildman–Crippen LogP) is 0.102. The van der Waals surface area contributed by atoms with Crippen molar-refractivity contribution in [2.45, 2.75) is 39.2 Å². The van der Waals surface area contributed by atoms with Crippen LogP contribution < -0.4 is 11.1 Å². The molecule has 1 atom stereocenters. The van der Waals surface area contributed by atoms with E-state index in [9.17, 15) is 9.59 Å². The van der Waals surface area contributed by atoms with E-state index in [-0.39, 0.29) is 24.8 Å². The van der Waals surface area contributed by atoms with Crippen molar-refractivity contribution in [3.05, 3.63) is 0 Å². The first-order valence-corrected chi connectivity index (χ1v) is 6.31. The summed E-state index contributed by atoms with van der Waals surface area (Å²) >= 11 is 0. The first-order chi connectivity index (χ1) is 8.56. The number of nitrogens with one attached hydrogen (secondary N) is 1. The number of nitrogens with zero attached hydrogens (tertiary/aromatic N) is 1. The van der Waals surface area contributed by atoms with E-state index in [0.29, 0.717) is 13.1 Å². The Hall–Kier alpha value is -1.54. The summed E-state index contributed by atoms with van der Waals surface area (Å²) in [4.78, 5) is 25.0. The molecule has 18 heavy (non-hydrogen) atoms. The van der Waals surface area contributed by atoms with Gasteiger partial charge in [0.2, 0.25) is 11.8 Å². The minimum absolute atomic E-state index is 0.0466. The third-order valence-corrected chi connectivity index (χ3v) is 2.37. The molecular formula is C13H23N3O2. The Morgan fingerprint density at radius 2 is 2.06 bits per heavy atom. The molecule has 0 aromatic heterocycles. The normalized spacial score (nSPS) is 11.4. The highest BCUT2D eigenvalue weighted by Gasteiger charge is 2.21. The molecule has 0 aromatic carbocycles. The Morgan fingerprint density at radius 1 is 1.39 bits per heavy atom. The summed E-state index contributed by atoms with van der Waals surface area (Å²) < 4.78 is 0. The molecule has 0 aromatic rings. The minimum atomic E-state index is -0.722. The zero-order chi connectivity index (χ0) is 14.0. The lowest BCUT2D eigenvalue weighted by Gasteiger charge is -2.24. The molecule has 1 unspecified atom stereocenters. The molecule has 0 saturated carbocycles. The van der Waals surface area contributed by atoms with Gasteiger partial charge in [0.15, 0.2) is 0 Å². The summed E-state index contributed by atoms with van der Waals surface area (Å²) in [7, 11) is 0. The van der Waals surface area contributed by atoms with E-state index in [1.165, 1.54) is 4.90 Å². The monoisotopic (exact) mass is 253 g/mol. The van der Waals surface area contributed by atoms with Gasteiger partial charge in [0, 0.05) is 19.5 Å². The Kier molecular flexibility index (Phi) is 8.67. The molecule has 0 radical (unpaired) electrons. The van der Waals surface area contributed by atoms with Gasteiger partial charge < -0.3 is 16.0 Å². The lowest BCUT2D eigenvalue weighted by molar-refractivity contribution is -0.137. The van der Waals surface area contributed by atoms with Crippen molar-refractivity contribution in [1.82, 2.24) is 10.2 Å². The molecule has 0 bridgehead atoms. The van der Waals surface area contributed by atoms with E-state index in [1.54, 1.807) is 0 Å². The molecule has 5 heteroatoms. The van der Waals surface area contributed by atoms with Gasteiger partial charge in [-0.2, -0.15) is 0 Å². The fourth-order valence-electron chi connectivity index (χ4n) is 1.48. The summed E-state index contributed by atoms with van der Waals surface area (Å²) in [5.41, 5.74) is 5.67. The summed E-state index contributed by atoms with van der Waals surface area (Å²) in [5, 5.41) is 2.73. The topological polar surface area (TPSA) is 75.4 Å². The van der Waals surface area contributed by atoms with Crippen LogP contribution in [-0.2, 0) is 9.59 Å². The number of rotatable bonds is 8. The quantitative estimate of drug-likeness (QED) is 0.603. The number of carbonyl (C=O) groups excluding carboxylic acids is 2. The maximum atomic E-state index is 12.0. The number of nitrogens with two attached hydrogens (primary N) is 1. The fourth-order valence-corrected chi connectivity index (χ4v) is 1.48. The second kappa shape index (κ2) is 9.49. The van der Waals surface area contributed by atoms with Gasteiger partial charge in [0.1, 0.15) is 0 Å². The molecule has 102 valence electrons. The van der Waals surface area contributed by atoms with Gasteiger partial charge in [-0.25, -0.2) is 0 Å². The van der Waals surface area contributed by atoms with E-state index in [1.807, 2.05) is 13.8 Å². The van der Waals surface area contributed by atoms with Crippen LogP contribution in [0.15, 0.2) is 0 Å². The van der Waals surface area contributed by atoms with Gasteiger partial charge >= 0.3 is 0 Å². The molecular weight excluding hydrogens is 230 g/mol. The highest BCUT2D eigenvalue weighted by atomic mass is 16.2. The molecule has 0 saturated heterocycles.